The van der Waals surface area contributed by atoms with E-state index in [0.717, 1.165) is 31.4 Å². The molecule has 32 heavy (non-hydrogen) atoms. The number of nitrogens with zero attached hydrogens (tertiary/aromatic N) is 1. The maximum Gasteiger partial charge on any atom is 0.328 e. The number of nitrogens with one attached hydrogen (secondary N) is 3. The van der Waals surface area contributed by atoms with Crippen LogP contribution in [0.4, 0.5) is 5.69 Å². The van der Waals surface area contributed by atoms with Crippen molar-refractivity contribution in [3.8, 4) is 0 Å². The highest BCUT2D eigenvalue weighted by Crippen LogP contribution is 2.36. The number of hydrogen-bond donors (Lipinski definition) is 4. The van der Waals surface area contributed by atoms with Crippen LogP contribution >= 0.6 is 0 Å². The minimum Gasteiger partial charge on any atom is -0.480 e. The maximum absolute atomic E-state index is 12.4. The van der Waals surface area contributed by atoms with E-state index in [0.29, 0.717) is 17.3 Å². The van der Waals surface area contributed by atoms with E-state index in [-0.39, 0.29) is 23.7 Å². The van der Waals surface area contributed by atoms with E-state index in [4.69, 9.17) is 0 Å². The average Bonchev–Trinajstić information content (AvgIpc) is 3.25. The third-order valence-electron chi connectivity index (χ3n) is 6.14. The molecule has 1 fully saturated rings. The fourth-order valence-corrected chi connectivity index (χ4v) is 3.94. The topological polar surface area (TPSA) is 124 Å². The van der Waals surface area contributed by atoms with Gasteiger partial charge in [0.25, 0.3) is 5.91 Å². The van der Waals surface area contributed by atoms with E-state index in [1.165, 1.54) is 19.4 Å². The summed E-state index contributed by atoms with van der Waals surface area (Å²) in [6.45, 7) is 7.03. The molecule has 0 spiro atoms. The minimum atomic E-state index is -1.26. The summed E-state index contributed by atoms with van der Waals surface area (Å²) in [7, 11) is 0. The first-order valence-corrected chi connectivity index (χ1v) is 11.1. The van der Waals surface area contributed by atoms with E-state index < -0.39 is 11.5 Å². The van der Waals surface area contributed by atoms with Gasteiger partial charge in [-0.15, -0.1) is 0 Å². The van der Waals surface area contributed by atoms with Crippen molar-refractivity contribution < 1.29 is 19.5 Å². The number of anilines is 1. The lowest BCUT2D eigenvalue weighted by Crippen LogP contribution is -2.51. The van der Waals surface area contributed by atoms with Crippen LogP contribution in [0.2, 0.25) is 0 Å². The molecule has 1 heterocycles. The molecule has 0 radical (unpaired) electrons. The Morgan fingerprint density at radius 3 is 2.25 bits per heavy atom. The minimum absolute atomic E-state index is 0.159. The lowest BCUT2D eigenvalue weighted by Gasteiger charge is -2.30. The first-order valence-electron chi connectivity index (χ1n) is 11.1. The molecule has 8 nitrogen and oxygen atoms in total. The van der Waals surface area contributed by atoms with Gasteiger partial charge in [-0.25, -0.2) is 4.79 Å². The van der Waals surface area contributed by atoms with Crippen molar-refractivity contribution in [1.29, 1.82) is 0 Å². The Kier molecular flexibility index (Phi) is 7.01. The Morgan fingerprint density at radius 2 is 1.72 bits per heavy atom. The van der Waals surface area contributed by atoms with E-state index in [2.05, 4.69) is 20.8 Å². The fourth-order valence-electron chi connectivity index (χ4n) is 3.94. The summed E-state index contributed by atoms with van der Waals surface area (Å²) in [6, 6.07) is 9.57. The second-order valence-electron chi connectivity index (χ2n) is 9.41. The van der Waals surface area contributed by atoms with Crippen LogP contribution in [0.5, 0.6) is 0 Å². The van der Waals surface area contributed by atoms with Crippen molar-refractivity contribution in [2.75, 3.05) is 5.32 Å². The zero-order valence-electron chi connectivity index (χ0n) is 19.1. The number of benzene rings is 1. The number of rotatable bonds is 7. The van der Waals surface area contributed by atoms with Gasteiger partial charge in [0.1, 0.15) is 11.2 Å². The van der Waals surface area contributed by atoms with Crippen LogP contribution in [-0.4, -0.2) is 38.6 Å². The summed E-state index contributed by atoms with van der Waals surface area (Å²) < 4.78 is 0. The van der Waals surface area contributed by atoms with Gasteiger partial charge in [-0.1, -0.05) is 26.0 Å². The van der Waals surface area contributed by atoms with Gasteiger partial charge in [0.15, 0.2) is 0 Å². The molecule has 0 bridgehead atoms. The highest BCUT2D eigenvalue weighted by Gasteiger charge is 2.33. The monoisotopic (exact) mass is 440 g/mol. The van der Waals surface area contributed by atoms with E-state index in [1.54, 1.807) is 6.07 Å². The SMILES string of the molecule is CC(C)c1cc(C(=O)Nc2ccc(C3CCC(C(=O)NC(C)(C)C(=O)O)CC3)cc2)[nH]n1. The van der Waals surface area contributed by atoms with Gasteiger partial charge in [-0.05, 0) is 75.1 Å². The molecule has 1 saturated carbocycles. The molecule has 1 aliphatic rings. The molecule has 1 aliphatic carbocycles. The Balaban J connectivity index is 1.53. The molecule has 172 valence electrons. The molecular weight excluding hydrogens is 408 g/mol. The van der Waals surface area contributed by atoms with E-state index in [1.807, 2.05) is 38.1 Å². The van der Waals surface area contributed by atoms with Gasteiger partial charge in [0.2, 0.25) is 5.91 Å². The Hall–Kier alpha value is -3.16. The summed E-state index contributed by atoms with van der Waals surface area (Å²) in [5, 5.41) is 21.7. The maximum atomic E-state index is 12.4. The lowest BCUT2D eigenvalue weighted by atomic mass is 9.78. The zero-order valence-corrected chi connectivity index (χ0v) is 19.1. The van der Waals surface area contributed by atoms with Gasteiger partial charge in [0.05, 0.1) is 5.69 Å². The van der Waals surface area contributed by atoms with Crippen molar-refractivity contribution in [2.24, 2.45) is 5.92 Å². The molecule has 0 saturated heterocycles. The molecule has 0 unspecified atom stereocenters. The predicted octanol–water partition coefficient (Wildman–Crippen LogP) is 4.04. The third-order valence-corrected chi connectivity index (χ3v) is 6.14. The number of carbonyl (C=O) groups excluding carboxylic acids is 2. The number of aliphatic carboxylic acids is 1. The highest BCUT2D eigenvalue weighted by molar-refractivity contribution is 6.02. The Morgan fingerprint density at radius 1 is 1.09 bits per heavy atom. The van der Waals surface area contributed by atoms with Crippen molar-refractivity contribution in [1.82, 2.24) is 15.5 Å². The Bertz CT molecular complexity index is 970. The fraction of sp³-hybridized carbons (Fsp3) is 0.500. The largest absolute Gasteiger partial charge is 0.480 e. The standard InChI is InChI=1S/C24H32N4O4/c1-14(2)19-13-20(28-27-19)22(30)25-18-11-9-16(10-12-18)15-5-7-17(8-6-15)21(29)26-24(3,4)23(31)32/h9-15,17H,5-8H2,1-4H3,(H,25,30)(H,26,29)(H,27,28)(H,31,32). The van der Waals surface area contributed by atoms with Crippen LogP contribution in [0.15, 0.2) is 30.3 Å². The molecular formula is C24H32N4O4. The second kappa shape index (κ2) is 9.54. The van der Waals surface area contributed by atoms with Gasteiger partial charge >= 0.3 is 5.97 Å². The van der Waals surface area contributed by atoms with Gasteiger partial charge < -0.3 is 15.7 Å². The predicted molar refractivity (Wildman–Crippen MR) is 122 cm³/mol. The number of aromatic nitrogens is 2. The molecule has 2 amide bonds. The van der Waals surface area contributed by atoms with Crippen molar-refractivity contribution in [3.05, 3.63) is 47.3 Å². The molecule has 3 rings (SSSR count). The molecule has 1 aromatic heterocycles. The summed E-state index contributed by atoms with van der Waals surface area (Å²) in [5.41, 5.74) is 1.90. The van der Waals surface area contributed by atoms with Gasteiger partial charge in [-0.2, -0.15) is 5.10 Å². The lowest BCUT2D eigenvalue weighted by molar-refractivity contribution is -0.146. The van der Waals surface area contributed by atoms with Crippen molar-refractivity contribution in [2.45, 2.75) is 70.8 Å². The van der Waals surface area contributed by atoms with Crippen LogP contribution in [-0.2, 0) is 9.59 Å². The summed E-state index contributed by atoms with van der Waals surface area (Å²) in [4.78, 5) is 36.1. The number of H-pyrrole nitrogens is 1. The number of carboxylic acids is 1. The smallest absolute Gasteiger partial charge is 0.328 e. The number of amides is 2. The Labute approximate surface area is 188 Å². The van der Waals surface area contributed by atoms with Crippen LogP contribution in [0.1, 0.15) is 87.0 Å². The summed E-state index contributed by atoms with van der Waals surface area (Å²) in [6.07, 6.45) is 3.18. The number of carboxylic acid groups (broad SMARTS) is 1. The van der Waals surface area contributed by atoms with Gasteiger partial charge in [0, 0.05) is 11.6 Å². The quantitative estimate of drug-likeness (QED) is 0.517. The molecule has 0 atom stereocenters. The normalized spacial score (nSPS) is 18.9. The molecule has 4 N–H and O–H groups in total. The first kappa shape index (κ1) is 23.5. The molecule has 0 aliphatic heterocycles. The van der Waals surface area contributed by atoms with E-state index >= 15 is 0 Å². The van der Waals surface area contributed by atoms with E-state index in [9.17, 15) is 19.5 Å². The zero-order chi connectivity index (χ0) is 23.5. The molecule has 1 aromatic carbocycles. The van der Waals surface area contributed by atoms with Crippen LogP contribution in [0, 0.1) is 5.92 Å². The second-order valence-corrected chi connectivity index (χ2v) is 9.41. The number of hydrogen-bond acceptors (Lipinski definition) is 4. The van der Waals surface area contributed by atoms with Crippen molar-refractivity contribution >= 4 is 23.5 Å². The van der Waals surface area contributed by atoms with Crippen LogP contribution < -0.4 is 10.6 Å². The van der Waals surface area contributed by atoms with Crippen LogP contribution in [0.25, 0.3) is 0 Å². The summed E-state index contributed by atoms with van der Waals surface area (Å²) >= 11 is 0. The van der Waals surface area contributed by atoms with Crippen molar-refractivity contribution in [3.63, 3.8) is 0 Å². The highest BCUT2D eigenvalue weighted by atomic mass is 16.4. The average molecular weight is 441 g/mol. The van der Waals surface area contributed by atoms with Gasteiger partial charge in [-0.3, -0.25) is 14.7 Å². The molecule has 8 heteroatoms. The first-order chi connectivity index (χ1) is 15.1. The molecule has 2 aromatic rings. The number of aromatic amines is 1. The van der Waals surface area contributed by atoms with Crippen LogP contribution in [0.3, 0.4) is 0 Å². The summed E-state index contributed by atoms with van der Waals surface area (Å²) in [5.74, 6) is -1.02. The number of carbonyl (C=O) groups is 3. The third kappa shape index (κ3) is 5.55.